The minimum absolute atomic E-state index is 0.0657. The Morgan fingerprint density at radius 3 is 2.67 bits per heavy atom. The van der Waals surface area contributed by atoms with Crippen LogP contribution in [0.4, 0.5) is 18.0 Å². The molecule has 2 rings (SSSR count). The number of nitrogens with zero attached hydrogens (tertiary/aromatic N) is 2. The molecule has 2 heterocycles. The number of halogens is 3. The summed E-state index contributed by atoms with van der Waals surface area (Å²) in [6, 6.07) is -1.13. The predicted octanol–water partition coefficient (Wildman–Crippen LogP) is 3.12. The van der Waals surface area contributed by atoms with Crippen molar-refractivity contribution in [2.75, 3.05) is 13.1 Å². The lowest BCUT2D eigenvalue weighted by Gasteiger charge is -2.23. The summed E-state index contributed by atoms with van der Waals surface area (Å²) in [6.45, 7) is 3.65. The van der Waals surface area contributed by atoms with E-state index in [-0.39, 0.29) is 18.1 Å². The summed E-state index contributed by atoms with van der Waals surface area (Å²) >= 11 is 0.840. The third kappa shape index (κ3) is 3.80. The Morgan fingerprint density at radius 2 is 2.21 bits per heavy atom. The van der Waals surface area contributed by atoms with Crippen molar-refractivity contribution in [3.8, 4) is 0 Å². The molecule has 0 saturated carbocycles. The molecule has 1 aliphatic rings. The van der Waals surface area contributed by atoms with Crippen molar-refractivity contribution in [3.63, 3.8) is 0 Å². The smallest absolute Gasteiger partial charge is 0.434 e. The number of carbonyl (C=O) groups is 2. The van der Waals surface area contributed by atoms with E-state index in [2.05, 4.69) is 10.3 Å². The second-order valence-corrected chi connectivity index (χ2v) is 6.91. The molecule has 10 heteroatoms. The molecule has 1 fully saturated rings. The first-order valence-electron chi connectivity index (χ1n) is 7.38. The molecule has 0 bridgehead atoms. The number of thiazole rings is 1. The average molecular weight is 365 g/mol. The van der Waals surface area contributed by atoms with Gasteiger partial charge in [-0.3, -0.25) is 4.79 Å². The van der Waals surface area contributed by atoms with Crippen molar-refractivity contribution in [1.82, 2.24) is 15.2 Å². The van der Waals surface area contributed by atoms with Crippen LogP contribution in [0.1, 0.15) is 43.4 Å². The molecule has 0 aromatic carbocycles. The maximum Gasteiger partial charge on any atom is 0.434 e. The first-order chi connectivity index (χ1) is 11.1. The number of likely N-dealkylation sites (tertiary alicyclic amines) is 1. The average Bonchev–Trinajstić information content (AvgIpc) is 3.11. The molecular formula is C14H18F3N3O3S. The van der Waals surface area contributed by atoms with Crippen LogP contribution in [0.2, 0.25) is 0 Å². The maximum absolute atomic E-state index is 12.6. The molecule has 2 amide bonds. The monoisotopic (exact) mass is 365 g/mol. The number of carboxylic acids is 1. The molecule has 24 heavy (non-hydrogen) atoms. The molecule has 6 nitrogen and oxygen atoms in total. The van der Waals surface area contributed by atoms with Gasteiger partial charge in [0.05, 0.1) is 11.5 Å². The Morgan fingerprint density at radius 1 is 1.54 bits per heavy atom. The number of nitrogens with one attached hydrogen (secondary N) is 1. The van der Waals surface area contributed by atoms with Gasteiger partial charge in [-0.05, 0) is 19.8 Å². The van der Waals surface area contributed by atoms with E-state index in [1.54, 1.807) is 13.8 Å². The van der Waals surface area contributed by atoms with Crippen molar-refractivity contribution in [1.29, 1.82) is 0 Å². The summed E-state index contributed by atoms with van der Waals surface area (Å²) < 4.78 is 37.9. The summed E-state index contributed by atoms with van der Waals surface area (Å²) in [5.41, 5.74) is -1.97. The lowest BCUT2D eigenvalue weighted by atomic mass is 9.90. The van der Waals surface area contributed by atoms with Crippen LogP contribution in [0.3, 0.4) is 0 Å². The maximum atomic E-state index is 12.6. The number of alkyl halides is 3. The number of amides is 2. The molecular weight excluding hydrogens is 347 g/mol. The number of hydrogen-bond acceptors (Lipinski definition) is 4. The second-order valence-electron chi connectivity index (χ2n) is 6.02. The molecule has 2 N–H and O–H groups in total. The molecule has 0 radical (unpaired) electrons. The van der Waals surface area contributed by atoms with Gasteiger partial charge in [0.1, 0.15) is 5.01 Å². The number of hydrogen-bond donors (Lipinski definition) is 2. The molecule has 1 aromatic heterocycles. The Kier molecular flexibility index (Phi) is 5.07. The number of carbonyl (C=O) groups excluding carboxylic acids is 1. The number of carboxylic acid groups (broad SMARTS) is 1. The molecule has 1 saturated heterocycles. The first-order valence-corrected chi connectivity index (χ1v) is 8.26. The van der Waals surface area contributed by atoms with Crippen molar-refractivity contribution in [2.45, 2.75) is 38.9 Å². The lowest BCUT2D eigenvalue weighted by Crippen LogP contribution is -2.42. The molecule has 0 aliphatic carbocycles. The third-order valence-corrected chi connectivity index (χ3v) is 5.05. The molecule has 2 atom stereocenters. The number of aliphatic carboxylic acids is 1. The minimum Gasteiger partial charge on any atom is -0.481 e. The normalized spacial score (nSPS) is 22.5. The van der Waals surface area contributed by atoms with Crippen molar-refractivity contribution in [2.24, 2.45) is 5.41 Å². The van der Waals surface area contributed by atoms with Gasteiger partial charge in [0.15, 0.2) is 5.69 Å². The summed E-state index contributed by atoms with van der Waals surface area (Å²) in [7, 11) is 0. The van der Waals surface area contributed by atoms with E-state index in [4.69, 9.17) is 0 Å². The SMILES string of the molecule is CCC(NC(=O)N1CCC(C)(C(=O)O)C1)c1nc(C(F)(F)F)cs1. The van der Waals surface area contributed by atoms with Gasteiger partial charge >= 0.3 is 18.2 Å². The van der Waals surface area contributed by atoms with Crippen molar-refractivity contribution < 1.29 is 27.9 Å². The van der Waals surface area contributed by atoms with Gasteiger partial charge in [-0.1, -0.05) is 6.92 Å². The zero-order valence-corrected chi connectivity index (χ0v) is 14.0. The lowest BCUT2D eigenvalue weighted by molar-refractivity contribution is -0.147. The fourth-order valence-electron chi connectivity index (χ4n) is 2.47. The molecule has 1 aromatic rings. The van der Waals surface area contributed by atoms with E-state index in [1.165, 1.54) is 4.90 Å². The summed E-state index contributed by atoms with van der Waals surface area (Å²) in [5.74, 6) is -0.973. The largest absolute Gasteiger partial charge is 0.481 e. The zero-order chi connectivity index (χ0) is 18.1. The second kappa shape index (κ2) is 6.58. The summed E-state index contributed by atoms with van der Waals surface area (Å²) in [4.78, 5) is 28.4. The van der Waals surface area contributed by atoms with Gasteiger partial charge in [-0.15, -0.1) is 11.3 Å². The van der Waals surface area contributed by atoms with E-state index in [0.717, 1.165) is 16.7 Å². The highest BCUT2D eigenvalue weighted by Crippen LogP contribution is 2.33. The van der Waals surface area contributed by atoms with Crippen LogP contribution in [-0.2, 0) is 11.0 Å². The summed E-state index contributed by atoms with van der Waals surface area (Å²) in [6.07, 6.45) is -3.81. The topological polar surface area (TPSA) is 82.5 Å². The van der Waals surface area contributed by atoms with E-state index in [0.29, 0.717) is 12.8 Å². The van der Waals surface area contributed by atoms with Gasteiger partial charge in [0, 0.05) is 18.5 Å². The van der Waals surface area contributed by atoms with Gasteiger partial charge in [0.2, 0.25) is 0 Å². The molecule has 0 spiro atoms. The first kappa shape index (κ1) is 18.5. The van der Waals surface area contributed by atoms with E-state index in [1.807, 2.05) is 0 Å². The molecule has 1 aliphatic heterocycles. The fraction of sp³-hybridized carbons (Fsp3) is 0.643. The number of urea groups is 1. The minimum atomic E-state index is -4.52. The Hall–Kier alpha value is -1.84. The van der Waals surface area contributed by atoms with E-state index in [9.17, 15) is 27.9 Å². The predicted molar refractivity (Wildman–Crippen MR) is 80.6 cm³/mol. The van der Waals surface area contributed by atoms with Crippen LogP contribution in [0.15, 0.2) is 5.38 Å². The van der Waals surface area contributed by atoms with Gasteiger partial charge in [-0.25, -0.2) is 9.78 Å². The van der Waals surface area contributed by atoms with Crippen LogP contribution in [0.5, 0.6) is 0 Å². The quantitative estimate of drug-likeness (QED) is 0.859. The fourth-order valence-corrected chi connectivity index (χ4v) is 3.43. The third-order valence-electron chi connectivity index (χ3n) is 4.09. The highest BCUT2D eigenvalue weighted by Gasteiger charge is 2.42. The van der Waals surface area contributed by atoms with E-state index < -0.39 is 35.3 Å². The Labute approximate surface area is 140 Å². The number of rotatable bonds is 4. The molecule has 134 valence electrons. The van der Waals surface area contributed by atoms with Crippen molar-refractivity contribution in [3.05, 3.63) is 16.1 Å². The van der Waals surface area contributed by atoms with Gasteiger partial charge in [-0.2, -0.15) is 13.2 Å². The molecule has 2 unspecified atom stereocenters. The highest BCUT2D eigenvalue weighted by molar-refractivity contribution is 7.09. The van der Waals surface area contributed by atoms with Crippen LogP contribution in [0.25, 0.3) is 0 Å². The number of aromatic nitrogens is 1. The Bertz CT molecular complexity index is 634. The highest BCUT2D eigenvalue weighted by atomic mass is 32.1. The Balaban J connectivity index is 2.04. The van der Waals surface area contributed by atoms with Gasteiger partial charge < -0.3 is 15.3 Å². The van der Waals surface area contributed by atoms with Crippen molar-refractivity contribution >= 4 is 23.3 Å². The van der Waals surface area contributed by atoms with Gasteiger partial charge in [0.25, 0.3) is 0 Å². The van der Waals surface area contributed by atoms with Crippen LogP contribution in [0, 0.1) is 5.41 Å². The summed E-state index contributed by atoms with van der Waals surface area (Å²) in [5, 5.41) is 12.9. The van der Waals surface area contributed by atoms with Crippen LogP contribution < -0.4 is 5.32 Å². The standard InChI is InChI=1S/C14H18F3N3O3S/c1-3-8(10-19-9(6-24-10)14(15,16)17)18-12(23)20-5-4-13(2,7-20)11(21)22/h6,8H,3-5,7H2,1-2H3,(H,18,23)(H,21,22). The van der Waals surface area contributed by atoms with E-state index >= 15 is 0 Å². The van der Waals surface area contributed by atoms with Crippen LogP contribution in [-0.4, -0.2) is 40.1 Å². The zero-order valence-electron chi connectivity index (χ0n) is 13.2. The van der Waals surface area contributed by atoms with Crippen LogP contribution >= 0.6 is 11.3 Å².